The SMILES string of the molecule is COc1cc(C)c(C(=O)Cc2ccccc2)cc1C. The summed E-state index contributed by atoms with van der Waals surface area (Å²) in [5, 5.41) is 0. The fraction of sp³-hybridized carbons (Fsp3) is 0.235. The minimum atomic E-state index is 0.148. The van der Waals surface area contributed by atoms with E-state index < -0.39 is 0 Å². The number of ether oxygens (including phenoxy) is 1. The summed E-state index contributed by atoms with van der Waals surface area (Å²) in [6.07, 6.45) is 0.438. The lowest BCUT2D eigenvalue weighted by atomic mass is 9.97. The second-order valence-electron chi connectivity index (χ2n) is 4.72. The van der Waals surface area contributed by atoms with Crippen LogP contribution in [-0.4, -0.2) is 12.9 Å². The van der Waals surface area contributed by atoms with E-state index in [1.165, 1.54) is 0 Å². The van der Waals surface area contributed by atoms with Gasteiger partial charge in [-0.3, -0.25) is 4.79 Å². The zero-order valence-electron chi connectivity index (χ0n) is 11.6. The molecule has 2 nitrogen and oxygen atoms in total. The average molecular weight is 254 g/mol. The van der Waals surface area contributed by atoms with E-state index in [0.717, 1.165) is 28.0 Å². The summed E-state index contributed by atoms with van der Waals surface area (Å²) in [5.41, 5.74) is 3.77. The van der Waals surface area contributed by atoms with Gasteiger partial charge in [-0.05, 0) is 42.7 Å². The molecule has 2 rings (SSSR count). The second-order valence-corrected chi connectivity index (χ2v) is 4.72. The van der Waals surface area contributed by atoms with Gasteiger partial charge in [-0.1, -0.05) is 30.3 Å². The molecule has 0 N–H and O–H groups in total. The summed E-state index contributed by atoms with van der Waals surface area (Å²) in [6, 6.07) is 13.7. The van der Waals surface area contributed by atoms with Gasteiger partial charge < -0.3 is 4.74 Å². The molecule has 0 amide bonds. The van der Waals surface area contributed by atoms with Gasteiger partial charge in [0.05, 0.1) is 7.11 Å². The van der Waals surface area contributed by atoms with Crippen LogP contribution in [0.1, 0.15) is 27.0 Å². The smallest absolute Gasteiger partial charge is 0.167 e. The average Bonchev–Trinajstić information content (AvgIpc) is 2.42. The van der Waals surface area contributed by atoms with Crippen LogP contribution in [0.2, 0.25) is 0 Å². The number of benzene rings is 2. The van der Waals surface area contributed by atoms with Crippen molar-refractivity contribution in [1.82, 2.24) is 0 Å². The fourth-order valence-corrected chi connectivity index (χ4v) is 2.19. The number of ketones is 1. The number of methoxy groups -OCH3 is 1. The Morgan fingerprint density at radius 2 is 1.74 bits per heavy atom. The molecule has 0 saturated heterocycles. The van der Waals surface area contributed by atoms with Gasteiger partial charge >= 0.3 is 0 Å². The molecule has 0 radical (unpaired) electrons. The Bertz CT molecular complexity index is 586. The molecule has 0 aliphatic carbocycles. The molecule has 0 unspecified atom stereocenters. The molecule has 0 spiro atoms. The summed E-state index contributed by atoms with van der Waals surface area (Å²) >= 11 is 0. The first-order chi connectivity index (χ1) is 9.11. The van der Waals surface area contributed by atoms with Crippen LogP contribution < -0.4 is 4.74 Å². The van der Waals surface area contributed by atoms with Crippen molar-refractivity contribution in [3.05, 3.63) is 64.7 Å². The van der Waals surface area contributed by atoms with E-state index >= 15 is 0 Å². The van der Waals surface area contributed by atoms with E-state index in [4.69, 9.17) is 4.74 Å². The Hall–Kier alpha value is -2.09. The lowest BCUT2D eigenvalue weighted by molar-refractivity contribution is 0.0992. The molecular weight excluding hydrogens is 236 g/mol. The highest BCUT2D eigenvalue weighted by molar-refractivity contribution is 5.99. The fourth-order valence-electron chi connectivity index (χ4n) is 2.19. The molecule has 0 bridgehead atoms. The summed E-state index contributed by atoms with van der Waals surface area (Å²) in [7, 11) is 1.65. The summed E-state index contributed by atoms with van der Waals surface area (Å²) < 4.78 is 5.27. The van der Waals surface area contributed by atoms with E-state index in [0.29, 0.717) is 6.42 Å². The highest BCUT2D eigenvalue weighted by Crippen LogP contribution is 2.23. The van der Waals surface area contributed by atoms with E-state index in [2.05, 4.69) is 0 Å². The third-order valence-corrected chi connectivity index (χ3v) is 3.25. The van der Waals surface area contributed by atoms with Crippen molar-refractivity contribution in [1.29, 1.82) is 0 Å². The van der Waals surface area contributed by atoms with Crippen LogP contribution in [-0.2, 0) is 6.42 Å². The van der Waals surface area contributed by atoms with Gasteiger partial charge in [-0.2, -0.15) is 0 Å². The number of carbonyl (C=O) groups is 1. The zero-order valence-corrected chi connectivity index (χ0v) is 11.6. The van der Waals surface area contributed by atoms with E-state index in [1.54, 1.807) is 7.11 Å². The topological polar surface area (TPSA) is 26.3 Å². The third-order valence-electron chi connectivity index (χ3n) is 3.25. The highest BCUT2D eigenvalue weighted by Gasteiger charge is 2.12. The van der Waals surface area contributed by atoms with Crippen molar-refractivity contribution < 1.29 is 9.53 Å². The monoisotopic (exact) mass is 254 g/mol. The van der Waals surface area contributed by atoms with Crippen LogP contribution in [0.5, 0.6) is 5.75 Å². The Morgan fingerprint density at radius 1 is 1.05 bits per heavy atom. The Kier molecular flexibility index (Phi) is 4.00. The van der Waals surface area contributed by atoms with Crippen LogP contribution >= 0.6 is 0 Å². The maximum atomic E-state index is 12.3. The molecular formula is C17H18O2. The third kappa shape index (κ3) is 3.02. The molecule has 0 aliphatic rings. The van der Waals surface area contributed by atoms with Crippen molar-refractivity contribution in [2.45, 2.75) is 20.3 Å². The van der Waals surface area contributed by atoms with E-state index in [-0.39, 0.29) is 5.78 Å². The highest BCUT2D eigenvalue weighted by atomic mass is 16.5. The predicted octanol–water partition coefficient (Wildman–Crippen LogP) is 3.74. The van der Waals surface area contributed by atoms with Crippen molar-refractivity contribution >= 4 is 5.78 Å². The summed E-state index contributed by atoms with van der Waals surface area (Å²) in [5.74, 6) is 0.975. The first kappa shape index (κ1) is 13.3. The molecule has 2 heteroatoms. The number of hydrogen-bond donors (Lipinski definition) is 0. The molecule has 0 aliphatic heterocycles. The summed E-state index contributed by atoms with van der Waals surface area (Å²) in [6.45, 7) is 3.90. The molecule has 0 heterocycles. The molecule has 0 saturated carbocycles. The largest absolute Gasteiger partial charge is 0.496 e. The van der Waals surface area contributed by atoms with Crippen LogP contribution in [0.4, 0.5) is 0 Å². The van der Waals surface area contributed by atoms with Gasteiger partial charge in [0.25, 0.3) is 0 Å². The number of aryl methyl sites for hydroxylation is 2. The lowest BCUT2D eigenvalue weighted by Crippen LogP contribution is -2.06. The summed E-state index contributed by atoms with van der Waals surface area (Å²) in [4.78, 5) is 12.3. The first-order valence-electron chi connectivity index (χ1n) is 6.34. The van der Waals surface area contributed by atoms with Crippen molar-refractivity contribution in [2.24, 2.45) is 0 Å². The van der Waals surface area contributed by atoms with Gasteiger partial charge in [-0.25, -0.2) is 0 Å². The number of Topliss-reactive ketones (excluding diaryl/α,β-unsaturated/α-hetero) is 1. The van der Waals surface area contributed by atoms with E-state index in [1.807, 2.05) is 56.3 Å². The van der Waals surface area contributed by atoms with Gasteiger partial charge in [-0.15, -0.1) is 0 Å². The van der Waals surface area contributed by atoms with Gasteiger partial charge in [0, 0.05) is 12.0 Å². The van der Waals surface area contributed by atoms with Crippen LogP contribution in [0.3, 0.4) is 0 Å². The van der Waals surface area contributed by atoms with Crippen molar-refractivity contribution in [3.8, 4) is 5.75 Å². The van der Waals surface area contributed by atoms with Crippen LogP contribution in [0.25, 0.3) is 0 Å². The zero-order chi connectivity index (χ0) is 13.8. The van der Waals surface area contributed by atoms with Crippen molar-refractivity contribution in [2.75, 3.05) is 7.11 Å². The van der Waals surface area contributed by atoms with Crippen molar-refractivity contribution in [3.63, 3.8) is 0 Å². The predicted molar refractivity (Wildman–Crippen MR) is 76.9 cm³/mol. The maximum absolute atomic E-state index is 12.3. The Balaban J connectivity index is 2.27. The number of rotatable bonds is 4. The van der Waals surface area contributed by atoms with Gasteiger partial charge in [0.15, 0.2) is 5.78 Å². The Morgan fingerprint density at radius 3 is 2.37 bits per heavy atom. The second kappa shape index (κ2) is 5.70. The number of hydrogen-bond acceptors (Lipinski definition) is 2. The minimum absolute atomic E-state index is 0.148. The van der Waals surface area contributed by atoms with Crippen LogP contribution in [0, 0.1) is 13.8 Å². The molecule has 0 aromatic heterocycles. The normalized spacial score (nSPS) is 10.3. The Labute approximate surface area is 114 Å². The van der Waals surface area contributed by atoms with Gasteiger partial charge in [0.2, 0.25) is 0 Å². The van der Waals surface area contributed by atoms with Crippen LogP contribution in [0.15, 0.2) is 42.5 Å². The molecule has 2 aromatic rings. The molecule has 98 valence electrons. The number of carbonyl (C=O) groups excluding carboxylic acids is 1. The van der Waals surface area contributed by atoms with E-state index in [9.17, 15) is 4.79 Å². The lowest BCUT2D eigenvalue weighted by Gasteiger charge is -2.10. The maximum Gasteiger partial charge on any atom is 0.167 e. The molecule has 19 heavy (non-hydrogen) atoms. The minimum Gasteiger partial charge on any atom is -0.496 e. The van der Waals surface area contributed by atoms with Gasteiger partial charge in [0.1, 0.15) is 5.75 Å². The standard InChI is InChI=1S/C17H18O2/c1-12-10-17(19-3)13(2)9-15(12)16(18)11-14-7-5-4-6-8-14/h4-10H,11H2,1-3H3. The first-order valence-corrected chi connectivity index (χ1v) is 6.34. The molecule has 2 aromatic carbocycles. The molecule has 0 atom stereocenters. The quantitative estimate of drug-likeness (QED) is 0.777. The molecule has 0 fully saturated rings.